The van der Waals surface area contributed by atoms with Gasteiger partial charge in [-0.25, -0.2) is 0 Å². The summed E-state index contributed by atoms with van der Waals surface area (Å²) in [5.74, 6) is 0.373. The number of nitrogens with zero attached hydrogens (tertiary/aromatic N) is 3. The summed E-state index contributed by atoms with van der Waals surface area (Å²) in [5.41, 5.74) is 0.596. The molecule has 0 aliphatic rings. The Morgan fingerprint density at radius 3 is 2.50 bits per heavy atom. The van der Waals surface area contributed by atoms with Crippen molar-refractivity contribution in [2.24, 2.45) is 10.2 Å². The van der Waals surface area contributed by atoms with Gasteiger partial charge < -0.3 is 4.74 Å². The minimum absolute atomic E-state index is 0.0207. The van der Waals surface area contributed by atoms with Crippen molar-refractivity contribution >= 4 is 53.4 Å². The lowest BCUT2D eigenvalue weighted by atomic mass is 10.2. The fourth-order valence-electron chi connectivity index (χ4n) is 2.28. The number of benzene rings is 3. The van der Waals surface area contributed by atoms with Gasteiger partial charge in [0.1, 0.15) is 5.94 Å². The average Bonchev–Trinajstić information content (AvgIpc) is 2.76. The summed E-state index contributed by atoms with van der Waals surface area (Å²) in [4.78, 5) is 13.6. The molecular weight excluding hydrogens is 442 g/mol. The summed E-state index contributed by atoms with van der Waals surface area (Å²) in [6.45, 7) is 0. The molecule has 3 aromatic rings. The van der Waals surface area contributed by atoms with Crippen LogP contribution in [0.5, 0.6) is 0 Å². The second-order valence-electron chi connectivity index (χ2n) is 5.75. The van der Waals surface area contributed by atoms with Crippen molar-refractivity contribution in [3.05, 3.63) is 93.5 Å². The Kier molecular flexibility index (Phi) is 8.31. The summed E-state index contributed by atoms with van der Waals surface area (Å²) in [5, 5.41) is 19.8. The highest BCUT2D eigenvalue weighted by Gasteiger charge is 2.15. The van der Waals surface area contributed by atoms with Crippen LogP contribution in [0.4, 0.5) is 5.69 Å². The second kappa shape index (κ2) is 11.4. The number of thioether (sulfide) groups is 1. The second-order valence-corrected chi connectivity index (χ2v) is 8.30. The highest BCUT2D eigenvalue weighted by Crippen LogP contribution is 2.35. The molecule has 30 heavy (non-hydrogen) atoms. The van der Waals surface area contributed by atoms with Crippen molar-refractivity contribution in [1.29, 1.82) is 0 Å². The molecule has 0 aliphatic heterocycles. The largest absolute Gasteiger partial charge is 0.470 e. The average molecular weight is 458 g/mol. The van der Waals surface area contributed by atoms with Crippen LogP contribution in [0.3, 0.4) is 0 Å². The summed E-state index contributed by atoms with van der Waals surface area (Å²) in [7, 11) is 0. The molecular formula is C21H16ClN3O3S2. The van der Waals surface area contributed by atoms with E-state index in [0.717, 1.165) is 9.79 Å². The van der Waals surface area contributed by atoms with Gasteiger partial charge in [0.15, 0.2) is 6.40 Å². The molecule has 0 spiro atoms. The van der Waals surface area contributed by atoms with Gasteiger partial charge in [0.25, 0.3) is 5.69 Å². The van der Waals surface area contributed by atoms with Gasteiger partial charge in [-0.2, -0.15) is 5.10 Å². The molecule has 6 nitrogen and oxygen atoms in total. The van der Waals surface area contributed by atoms with E-state index in [4.69, 9.17) is 16.3 Å². The molecule has 0 atom stereocenters. The minimum Gasteiger partial charge on any atom is -0.470 e. The van der Waals surface area contributed by atoms with Gasteiger partial charge in [0.05, 0.1) is 16.0 Å². The van der Waals surface area contributed by atoms with Gasteiger partial charge in [-0.15, -0.1) is 5.10 Å². The minimum atomic E-state index is -0.400. The number of hydrogen-bond acceptors (Lipinski definition) is 7. The number of halogens is 1. The SMILES string of the molecule is O=[N+]([O-])c1cc(C=NN=COCSc2ccc(Cl)cc2)ccc1Sc1ccccc1. The molecule has 152 valence electrons. The predicted molar refractivity (Wildman–Crippen MR) is 123 cm³/mol. The van der Waals surface area contributed by atoms with Gasteiger partial charge in [0, 0.05) is 26.4 Å². The first kappa shape index (κ1) is 21.9. The Bertz CT molecular complexity index is 1050. The van der Waals surface area contributed by atoms with Crippen molar-refractivity contribution in [1.82, 2.24) is 0 Å². The van der Waals surface area contributed by atoms with Crippen LogP contribution in [0.25, 0.3) is 0 Å². The van der Waals surface area contributed by atoms with E-state index in [0.29, 0.717) is 21.4 Å². The topological polar surface area (TPSA) is 77.1 Å². The third-order valence-electron chi connectivity index (χ3n) is 3.65. The number of hydrogen-bond donors (Lipinski definition) is 0. The number of nitro groups is 1. The van der Waals surface area contributed by atoms with Crippen LogP contribution in [-0.4, -0.2) is 23.5 Å². The van der Waals surface area contributed by atoms with Gasteiger partial charge in [-0.05, 0) is 42.5 Å². The Labute approximate surface area is 187 Å². The van der Waals surface area contributed by atoms with Crippen LogP contribution in [0.2, 0.25) is 5.02 Å². The smallest absolute Gasteiger partial charge is 0.283 e. The van der Waals surface area contributed by atoms with Crippen LogP contribution < -0.4 is 0 Å². The molecule has 3 rings (SSSR count). The van der Waals surface area contributed by atoms with Crippen LogP contribution in [-0.2, 0) is 4.74 Å². The molecule has 0 radical (unpaired) electrons. The summed E-state index contributed by atoms with van der Waals surface area (Å²) < 4.78 is 5.27. The van der Waals surface area contributed by atoms with E-state index in [9.17, 15) is 10.1 Å². The Hall–Kier alpha value is -2.81. The predicted octanol–water partition coefficient (Wildman–Crippen LogP) is 6.53. The summed E-state index contributed by atoms with van der Waals surface area (Å²) in [6.07, 6.45) is 2.67. The number of rotatable bonds is 9. The molecule has 0 fully saturated rings. The van der Waals surface area contributed by atoms with Crippen molar-refractivity contribution in [2.45, 2.75) is 14.7 Å². The maximum Gasteiger partial charge on any atom is 0.283 e. The molecule has 0 amide bonds. The molecule has 0 heterocycles. The fraction of sp³-hybridized carbons (Fsp3) is 0.0476. The Morgan fingerprint density at radius 2 is 1.77 bits per heavy atom. The zero-order chi connectivity index (χ0) is 21.2. The van der Waals surface area contributed by atoms with Gasteiger partial charge in [0.2, 0.25) is 0 Å². The van der Waals surface area contributed by atoms with Gasteiger partial charge in [-0.3, -0.25) is 10.1 Å². The molecule has 3 aromatic carbocycles. The molecule has 0 saturated carbocycles. The zero-order valence-electron chi connectivity index (χ0n) is 15.6. The first-order valence-electron chi connectivity index (χ1n) is 8.68. The van der Waals surface area contributed by atoms with Crippen LogP contribution >= 0.6 is 35.1 Å². The first-order valence-corrected chi connectivity index (χ1v) is 10.9. The fourth-order valence-corrected chi connectivity index (χ4v) is 3.92. The Morgan fingerprint density at radius 1 is 1.00 bits per heavy atom. The third-order valence-corrected chi connectivity index (χ3v) is 5.84. The maximum absolute atomic E-state index is 11.4. The lowest BCUT2D eigenvalue weighted by molar-refractivity contribution is -0.387. The van der Waals surface area contributed by atoms with E-state index in [-0.39, 0.29) is 5.69 Å². The summed E-state index contributed by atoms with van der Waals surface area (Å²) in [6, 6.07) is 21.9. The summed E-state index contributed by atoms with van der Waals surface area (Å²) >= 11 is 8.67. The molecule has 0 N–H and O–H groups in total. The van der Waals surface area contributed by atoms with Crippen molar-refractivity contribution < 1.29 is 9.66 Å². The van der Waals surface area contributed by atoms with E-state index in [1.807, 2.05) is 54.6 Å². The lowest BCUT2D eigenvalue weighted by Crippen LogP contribution is -1.93. The Balaban J connectivity index is 1.54. The molecule has 0 unspecified atom stereocenters. The van der Waals surface area contributed by atoms with Crippen LogP contribution in [0.15, 0.2) is 97.7 Å². The molecule has 0 bridgehead atoms. The van der Waals surface area contributed by atoms with Crippen LogP contribution in [0.1, 0.15) is 5.56 Å². The standard InChI is InChI=1S/C21H16ClN3O3S2/c22-17-7-9-18(10-8-17)29-15-28-14-24-23-13-16-6-11-21(20(12-16)25(26)27)30-19-4-2-1-3-5-19/h1-14H,15H2. The van der Waals surface area contributed by atoms with E-state index >= 15 is 0 Å². The highest BCUT2D eigenvalue weighted by molar-refractivity contribution is 7.99. The lowest BCUT2D eigenvalue weighted by Gasteiger charge is -2.03. The third kappa shape index (κ3) is 6.91. The van der Waals surface area contributed by atoms with E-state index in [2.05, 4.69) is 10.2 Å². The number of nitro benzene ring substituents is 1. The first-order chi connectivity index (χ1) is 14.6. The van der Waals surface area contributed by atoms with E-state index < -0.39 is 4.92 Å². The molecule has 0 saturated heterocycles. The van der Waals surface area contributed by atoms with Gasteiger partial charge in [-0.1, -0.05) is 59.4 Å². The quantitative estimate of drug-likeness (QED) is 0.0694. The van der Waals surface area contributed by atoms with Gasteiger partial charge >= 0.3 is 0 Å². The van der Waals surface area contributed by atoms with Crippen molar-refractivity contribution in [3.63, 3.8) is 0 Å². The maximum atomic E-state index is 11.4. The van der Waals surface area contributed by atoms with E-state index in [1.165, 1.54) is 42.2 Å². The highest BCUT2D eigenvalue weighted by atomic mass is 35.5. The van der Waals surface area contributed by atoms with Crippen molar-refractivity contribution in [2.75, 3.05) is 5.94 Å². The zero-order valence-corrected chi connectivity index (χ0v) is 17.9. The normalized spacial score (nSPS) is 11.2. The molecule has 0 aliphatic carbocycles. The monoisotopic (exact) mass is 457 g/mol. The van der Waals surface area contributed by atoms with E-state index in [1.54, 1.807) is 12.1 Å². The van der Waals surface area contributed by atoms with Crippen molar-refractivity contribution in [3.8, 4) is 0 Å². The molecule has 9 heteroatoms. The number of ether oxygens (including phenoxy) is 1. The van der Waals surface area contributed by atoms with Crippen LogP contribution in [0, 0.1) is 10.1 Å². The molecule has 0 aromatic heterocycles.